The van der Waals surface area contributed by atoms with E-state index < -0.39 is 40.0 Å². The number of hydrogen-bond acceptors (Lipinski definition) is 8. The van der Waals surface area contributed by atoms with E-state index in [0.29, 0.717) is 42.6 Å². The molecule has 0 unspecified atom stereocenters. The average molecular weight is 611 g/mol. The van der Waals surface area contributed by atoms with Gasteiger partial charge in [0.1, 0.15) is 11.6 Å². The van der Waals surface area contributed by atoms with Gasteiger partial charge >= 0.3 is 0 Å². The van der Waals surface area contributed by atoms with Crippen molar-refractivity contribution in [3.63, 3.8) is 0 Å². The van der Waals surface area contributed by atoms with E-state index in [4.69, 9.17) is 0 Å². The quantitative estimate of drug-likeness (QED) is 0.279. The van der Waals surface area contributed by atoms with E-state index in [1.54, 1.807) is 30.9 Å². The Bertz CT molecular complexity index is 1660. The number of nitrogens with one attached hydrogen (secondary N) is 1. The fourth-order valence-electron chi connectivity index (χ4n) is 6.10. The molecule has 4 heterocycles. The summed E-state index contributed by atoms with van der Waals surface area (Å²) in [5.41, 5.74) is -1.48. The number of nitrogens with zero attached hydrogens (tertiary/aromatic N) is 5. The van der Waals surface area contributed by atoms with Gasteiger partial charge in [0, 0.05) is 64.2 Å². The highest BCUT2D eigenvalue weighted by Gasteiger charge is 2.52. The van der Waals surface area contributed by atoms with Crippen LogP contribution in [0.4, 0.5) is 4.39 Å². The van der Waals surface area contributed by atoms with Gasteiger partial charge in [-0.1, -0.05) is 23.9 Å². The van der Waals surface area contributed by atoms with Crippen LogP contribution in [-0.2, 0) is 35.1 Å². The van der Waals surface area contributed by atoms with Crippen molar-refractivity contribution >= 4 is 29.4 Å². The molecule has 2 aromatic heterocycles. The Labute approximate surface area is 252 Å². The van der Waals surface area contributed by atoms with E-state index in [1.165, 1.54) is 35.7 Å². The second-order valence-electron chi connectivity index (χ2n) is 12.0. The fourth-order valence-corrected chi connectivity index (χ4v) is 7.32. The zero-order valence-electron chi connectivity index (χ0n) is 24.6. The van der Waals surface area contributed by atoms with Crippen LogP contribution in [0, 0.1) is 18.2 Å². The highest BCUT2D eigenvalue weighted by Crippen LogP contribution is 2.53. The summed E-state index contributed by atoms with van der Waals surface area (Å²) in [7, 11) is 4.92. The van der Waals surface area contributed by atoms with Crippen LogP contribution in [0.15, 0.2) is 40.5 Å². The zero-order chi connectivity index (χ0) is 31.1. The molecular formula is C30H35FN6O5S. The third-order valence-corrected chi connectivity index (χ3v) is 10.1. The van der Waals surface area contributed by atoms with Crippen LogP contribution in [-0.4, -0.2) is 66.6 Å². The van der Waals surface area contributed by atoms with Crippen LogP contribution in [0.5, 0.6) is 5.75 Å². The fraction of sp³-hybridized carbons (Fsp3) is 0.467. The minimum Gasteiger partial charge on any atom is -0.501 e. The first-order valence-corrected chi connectivity index (χ1v) is 15.1. The molecule has 2 aliphatic heterocycles. The first-order valence-electron chi connectivity index (χ1n) is 14.1. The van der Waals surface area contributed by atoms with Gasteiger partial charge in [-0.25, -0.2) is 14.4 Å². The summed E-state index contributed by atoms with van der Waals surface area (Å²) >= 11 is 1.58. The van der Waals surface area contributed by atoms with Crippen molar-refractivity contribution in [1.29, 1.82) is 0 Å². The lowest BCUT2D eigenvalue weighted by Crippen LogP contribution is -2.42. The number of amides is 2. The Hall–Kier alpha value is -4.00. The van der Waals surface area contributed by atoms with Crippen LogP contribution in [0.25, 0.3) is 0 Å². The van der Waals surface area contributed by atoms with E-state index in [1.807, 2.05) is 17.8 Å². The molecule has 2 bridgehead atoms. The molecule has 1 fully saturated rings. The van der Waals surface area contributed by atoms with Gasteiger partial charge in [0.05, 0.1) is 0 Å². The number of carbonyl (C=O) groups is 3. The number of fused-ring (bicyclic) bond motifs is 2. The lowest BCUT2D eigenvalue weighted by molar-refractivity contribution is -0.143. The van der Waals surface area contributed by atoms with Gasteiger partial charge < -0.3 is 19.9 Å². The second kappa shape index (κ2) is 11.6. The summed E-state index contributed by atoms with van der Waals surface area (Å²) in [5.74, 6) is -2.30. The van der Waals surface area contributed by atoms with E-state index in [2.05, 4.69) is 15.3 Å². The zero-order valence-corrected chi connectivity index (χ0v) is 25.5. The van der Waals surface area contributed by atoms with Crippen LogP contribution < -0.4 is 10.9 Å². The molecule has 1 aromatic carbocycles. The van der Waals surface area contributed by atoms with E-state index in [9.17, 15) is 28.7 Å². The number of hydrogen-bond donors (Lipinski definition) is 2. The predicted molar refractivity (Wildman–Crippen MR) is 157 cm³/mol. The highest BCUT2D eigenvalue weighted by atomic mass is 32.2. The summed E-state index contributed by atoms with van der Waals surface area (Å²) in [5, 5.41) is 14.5. The predicted octanol–water partition coefficient (Wildman–Crippen LogP) is 2.71. The van der Waals surface area contributed by atoms with Crippen LogP contribution >= 0.6 is 11.8 Å². The number of halogens is 1. The minimum atomic E-state index is -0.966. The maximum absolute atomic E-state index is 13.7. The van der Waals surface area contributed by atoms with Crippen molar-refractivity contribution in [3.8, 4) is 5.75 Å². The molecule has 3 aromatic rings. The number of benzene rings is 1. The van der Waals surface area contributed by atoms with Crippen LogP contribution in [0.1, 0.15) is 59.5 Å². The smallest absolute Gasteiger partial charge is 0.296 e. The standard InChI is InChI=1S/C30H35FN6O5S/c1-18-13-19(5-6-20(18)31)15-33-24(40)22-23(39)26(42)37-16-29(17-43-28-32-11-12-36(28)4)7-9-30(10-8-29,27(37)34-22)14-21(38)25(41)35(2)3/h5-6,11-13,39H,7-10,14-17H2,1-4H3,(H,33,40). The largest absolute Gasteiger partial charge is 0.501 e. The molecule has 2 amide bonds. The first kappa shape index (κ1) is 30.5. The molecular weight excluding hydrogens is 575 g/mol. The van der Waals surface area contributed by atoms with Crippen molar-refractivity contribution in [1.82, 2.24) is 29.3 Å². The third kappa shape index (κ3) is 5.82. The lowest BCUT2D eigenvalue weighted by Gasteiger charge is -2.41. The molecule has 228 valence electrons. The average Bonchev–Trinajstić information content (AvgIpc) is 3.28. The van der Waals surface area contributed by atoms with Crippen molar-refractivity contribution in [2.75, 3.05) is 19.8 Å². The van der Waals surface area contributed by atoms with Crippen molar-refractivity contribution in [2.45, 2.75) is 62.7 Å². The Morgan fingerprint density at radius 2 is 1.91 bits per heavy atom. The normalized spacial score (nSPS) is 20.8. The highest BCUT2D eigenvalue weighted by molar-refractivity contribution is 7.99. The molecule has 0 spiro atoms. The summed E-state index contributed by atoms with van der Waals surface area (Å²) in [6.07, 6.45) is 5.68. The maximum Gasteiger partial charge on any atom is 0.296 e. The minimum absolute atomic E-state index is 0.0218. The van der Waals surface area contributed by atoms with E-state index >= 15 is 0 Å². The molecule has 3 aliphatic rings. The van der Waals surface area contributed by atoms with Crippen molar-refractivity contribution in [2.24, 2.45) is 12.5 Å². The van der Waals surface area contributed by atoms with Gasteiger partial charge in [-0.15, -0.1) is 0 Å². The topological polar surface area (TPSA) is 139 Å². The van der Waals surface area contributed by atoms with Crippen molar-refractivity contribution in [3.05, 3.63) is 69.4 Å². The lowest BCUT2D eigenvalue weighted by atomic mass is 9.63. The molecule has 13 heteroatoms. The third-order valence-electron chi connectivity index (χ3n) is 8.70. The van der Waals surface area contributed by atoms with Crippen LogP contribution in [0.2, 0.25) is 0 Å². The number of carbonyl (C=O) groups excluding carboxylic acids is 3. The number of ketones is 1. The van der Waals surface area contributed by atoms with Crippen LogP contribution in [0.3, 0.4) is 0 Å². The Morgan fingerprint density at radius 3 is 2.53 bits per heavy atom. The van der Waals surface area contributed by atoms with Gasteiger partial charge in [-0.3, -0.25) is 23.7 Å². The summed E-state index contributed by atoms with van der Waals surface area (Å²) in [4.78, 5) is 63.0. The number of likely N-dealkylation sites (N-methyl/N-ethyl adjacent to an activating group) is 1. The molecule has 2 N–H and O–H groups in total. The molecule has 6 rings (SSSR count). The molecule has 43 heavy (non-hydrogen) atoms. The Morgan fingerprint density at radius 1 is 1.19 bits per heavy atom. The number of imidazole rings is 1. The number of rotatable bonds is 9. The number of aromatic hydroxyl groups is 1. The monoisotopic (exact) mass is 610 g/mol. The summed E-state index contributed by atoms with van der Waals surface area (Å²) in [6, 6.07) is 4.43. The Balaban J connectivity index is 1.52. The van der Waals surface area contributed by atoms with Gasteiger partial charge in [0.15, 0.2) is 10.9 Å². The summed E-state index contributed by atoms with van der Waals surface area (Å²) in [6.45, 7) is 1.88. The maximum atomic E-state index is 13.7. The first-order chi connectivity index (χ1) is 20.3. The van der Waals surface area contributed by atoms with Gasteiger partial charge in [0.2, 0.25) is 11.5 Å². The number of thioether (sulfide) groups is 1. The van der Waals surface area contributed by atoms with Gasteiger partial charge in [0.25, 0.3) is 17.4 Å². The molecule has 1 aliphatic carbocycles. The molecule has 0 radical (unpaired) electrons. The SMILES string of the molecule is Cc1cc(CNC(=O)c2nc3n(c(=O)c2O)CC2(CSc4nccn4C)CCC3(CC(=O)C(=O)N(C)C)CC2)ccc1F. The Kier molecular flexibility index (Phi) is 8.21. The molecule has 11 nitrogen and oxygen atoms in total. The van der Waals surface area contributed by atoms with Crippen molar-refractivity contribution < 1.29 is 23.9 Å². The molecule has 0 saturated heterocycles. The van der Waals surface area contributed by atoms with E-state index in [-0.39, 0.29) is 36.6 Å². The number of Topliss-reactive ketones (excluding diaryl/α,β-unsaturated/α-hetero) is 1. The van der Waals surface area contributed by atoms with Gasteiger partial charge in [-0.2, -0.15) is 0 Å². The summed E-state index contributed by atoms with van der Waals surface area (Å²) < 4.78 is 17.0. The number of aromatic nitrogens is 4. The van der Waals surface area contributed by atoms with Gasteiger partial charge in [-0.05, 0) is 55.2 Å². The second-order valence-corrected chi connectivity index (χ2v) is 12.9. The number of aryl methyl sites for hydroxylation is 2. The molecule has 1 saturated carbocycles. The molecule has 0 atom stereocenters. The van der Waals surface area contributed by atoms with E-state index in [0.717, 1.165) is 5.16 Å².